The number of amides is 3. The quantitative estimate of drug-likeness (QED) is 0.486. The first-order valence-electron chi connectivity index (χ1n) is 11.3. The number of benzene rings is 2. The minimum Gasteiger partial charge on any atom is -0.497 e. The van der Waals surface area contributed by atoms with Crippen molar-refractivity contribution in [3.63, 3.8) is 0 Å². The Morgan fingerprint density at radius 1 is 1.03 bits per heavy atom. The predicted octanol–water partition coefficient (Wildman–Crippen LogP) is 4.49. The summed E-state index contributed by atoms with van der Waals surface area (Å²) in [7, 11) is 1.56. The molecule has 3 aromatic rings. The summed E-state index contributed by atoms with van der Waals surface area (Å²) in [6.07, 6.45) is 1.57. The van der Waals surface area contributed by atoms with Gasteiger partial charge in [0, 0.05) is 24.3 Å². The highest BCUT2D eigenvalue weighted by Crippen LogP contribution is 2.33. The van der Waals surface area contributed by atoms with E-state index < -0.39 is 0 Å². The molecule has 0 saturated heterocycles. The third-order valence-corrected chi connectivity index (χ3v) is 5.60. The van der Waals surface area contributed by atoms with Crippen LogP contribution in [0.5, 0.6) is 17.2 Å². The number of fused-ring (bicyclic) bond motifs is 1. The average Bonchev–Trinajstić information content (AvgIpc) is 3.53. The van der Waals surface area contributed by atoms with E-state index in [1.807, 2.05) is 38.1 Å². The van der Waals surface area contributed by atoms with Crippen molar-refractivity contribution in [3.05, 3.63) is 72.2 Å². The molecule has 9 heteroatoms. The van der Waals surface area contributed by atoms with E-state index in [1.165, 1.54) is 4.90 Å². The van der Waals surface area contributed by atoms with Gasteiger partial charge < -0.3 is 33.7 Å². The summed E-state index contributed by atoms with van der Waals surface area (Å²) in [6, 6.07) is 15.7. The Hall–Kier alpha value is -4.14. The maximum absolute atomic E-state index is 13.5. The molecule has 1 aliphatic rings. The average molecular weight is 480 g/mol. The molecular weight excluding hydrogens is 450 g/mol. The van der Waals surface area contributed by atoms with Gasteiger partial charge in [0.15, 0.2) is 11.5 Å². The summed E-state index contributed by atoms with van der Waals surface area (Å²) in [6.45, 7) is 4.40. The number of furan rings is 1. The molecule has 35 heavy (non-hydrogen) atoms. The zero-order chi connectivity index (χ0) is 24.8. The van der Waals surface area contributed by atoms with E-state index in [0.29, 0.717) is 35.2 Å². The lowest BCUT2D eigenvalue weighted by Crippen LogP contribution is -2.47. The van der Waals surface area contributed by atoms with Crippen molar-refractivity contribution in [2.75, 3.05) is 25.8 Å². The molecule has 0 unspecified atom stereocenters. The van der Waals surface area contributed by atoms with Crippen LogP contribution in [0, 0.1) is 0 Å². The van der Waals surface area contributed by atoms with Gasteiger partial charge in [-0.3, -0.25) is 4.79 Å². The lowest BCUT2D eigenvalue weighted by molar-refractivity contribution is -0.133. The fourth-order valence-corrected chi connectivity index (χ4v) is 3.71. The lowest BCUT2D eigenvalue weighted by atomic mass is 10.1. The van der Waals surface area contributed by atoms with Crippen LogP contribution in [0.4, 0.5) is 10.5 Å². The normalized spacial score (nSPS) is 11.9. The van der Waals surface area contributed by atoms with Crippen molar-refractivity contribution in [1.29, 1.82) is 0 Å². The number of rotatable bonds is 9. The molecule has 0 atom stereocenters. The number of ether oxygens (including phenoxy) is 3. The summed E-state index contributed by atoms with van der Waals surface area (Å²) >= 11 is 0. The molecule has 2 aromatic carbocycles. The number of nitrogens with zero attached hydrogens (tertiary/aromatic N) is 2. The highest BCUT2D eigenvalue weighted by Gasteiger charge is 2.25. The number of methoxy groups -OCH3 is 1. The Bertz CT molecular complexity index is 1160. The molecule has 4 rings (SSSR count). The van der Waals surface area contributed by atoms with Crippen molar-refractivity contribution in [2.24, 2.45) is 0 Å². The second-order valence-corrected chi connectivity index (χ2v) is 8.40. The maximum Gasteiger partial charge on any atom is 0.322 e. The van der Waals surface area contributed by atoms with E-state index in [9.17, 15) is 9.59 Å². The predicted molar refractivity (Wildman–Crippen MR) is 129 cm³/mol. The Balaban J connectivity index is 1.49. The van der Waals surface area contributed by atoms with Crippen LogP contribution < -0.4 is 19.5 Å². The third-order valence-electron chi connectivity index (χ3n) is 5.60. The summed E-state index contributed by atoms with van der Waals surface area (Å²) in [5.41, 5.74) is 1.46. The molecular formula is C26H29N3O6. The van der Waals surface area contributed by atoms with Crippen LogP contribution in [0.1, 0.15) is 25.2 Å². The Morgan fingerprint density at radius 3 is 2.60 bits per heavy atom. The number of carbonyl (C=O) groups excluding carboxylic acids is 2. The van der Waals surface area contributed by atoms with E-state index >= 15 is 0 Å². The number of hydrogen-bond acceptors (Lipinski definition) is 6. The molecule has 3 amide bonds. The standard InChI is InChI=1S/C26H29N3O6/c1-18(2)29(26(31)27-20-6-4-7-21(13-20)32-3)16-25(30)28(15-22-8-5-11-33-22)14-19-9-10-23-24(12-19)35-17-34-23/h4-13,18H,14-17H2,1-3H3,(H,27,31). The monoisotopic (exact) mass is 479 g/mol. The molecule has 9 nitrogen and oxygen atoms in total. The molecule has 184 valence electrons. The molecule has 1 N–H and O–H groups in total. The topological polar surface area (TPSA) is 93.5 Å². The summed E-state index contributed by atoms with van der Waals surface area (Å²) in [5, 5.41) is 2.85. The second-order valence-electron chi connectivity index (χ2n) is 8.40. The van der Waals surface area contributed by atoms with Crippen molar-refractivity contribution in [1.82, 2.24) is 9.80 Å². The molecule has 1 aliphatic heterocycles. The fraction of sp³-hybridized carbons (Fsp3) is 0.308. The van der Waals surface area contributed by atoms with Gasteiger partial charge in [0.25, 0.3) is 0 Å². The third kappa shape index (κ3) is 6.06. The van der Waals surface area contributed by atoms with E-state index in [4.69, 9.17) is 18.6 Å². The van der Waals surface area contributed by atoms with Crippen molar-refractivity contribution < 1.29 is 28.2 Å². The van der Waals surface area contributed by atoms with Gasteiger partial charge in [-0.2, -0.15) is 0 Å². The van der Waals surface area contributed by atoms with E-state index in [1.54, 1.807) is 48.6 Å². The number of anilines is 1. The van der Waals surface area contributed by atoms with Crippen LogP contribution >= 0.6 is 0 Å². The van der Waals surface area contributed by atoms with Crippen LogP contribution in [0.15, 0.2) is 65.3 Å². The van der Waals surface area contributed by atoms with E-state index in [-0.39, 0.29) is 37.9 Å². The van der Waals surface area contributed by atoms with Crippen molar-refractivity contribution in [3.8, 4) is 17.2 Å². The molecule has 0 aliphatic carbocycles. The molecule has 2 heterocycles. The number of urea groups is 1. The summed E-state index contributed by atoms with van der Waals surface area (Å²) < 4.78 is 21.6. The maximum atomic E-state index is 13.5. The first-order valence-corrected chi connectivity index (χ1v) is 11.3. The molecule has 0 bridgehead atoms. The fourth-order valence-electron chi connectivity index (χ4n) is 3.71. The first-order chi connectivity index (χ1) is 16.9. The Labute approximate surface area is 204 Å². The molecule has 0 saturated carbocycles. The zero-order valence-corrected chi connectivity index (χ0v) is 20.0. The molecule has 0 fully saturated rings. The van der Waals surface area contributed by atoms with Crippen LogP contribution in [-0.2, 0) is 17.9 Å². The van der Waals surface area contributed by atoms with Gasteiger partial charge in [-0.15, -0.1) is 0 Å². The van der Waals surface area contributed by atoms with Crippen molar-refractivity contribution >= 4 is 17.6 Å². The largest absolute Gasteiger partial charge is 0.497 e. The van der Waals surface area contributed by atoms with Gasteiger partial charge in [-0.05, 0) is 55.8 Å². The lowest BCUT2D eigenvalue weighted by Gasteiger charge is -2.30. The van der Waals surface area contributed by atoms with E-state index in [0.717, 1.165) is 5.56 Å². The van der Waals surface area contributed by atoms with E-state index in [2.05, 4.69) is 5.32 Å². The minimum absolute atomic E-state index is 0.0985. The van der Waals surface area contributed by atoms with Crippen LogP contribution in [0.3, 0.4) is 0 Å². The van der Waals surface area contributed by atoms with Gasteiger partial charge in [0.2, 0.25) is 12.7 Å². The Morgan fingerprint density at radius 2 is 1.86 bits per heavy atom. The minimum atomic E-state index is -0.373. The smallest absolute Gasteiger partial charge is 0.322 e. The zero-order valence-electron chi connectivity index (χ0n) is 20.0. The Kier molecular flexibility index (Phi) is 7.45. The summed E-state index contributed by atoms with van der Waals surface area (Å²) in [4.78, 5) is 29.7. The van der Waals surface area contributed by atoms with Crippen LogP contribution in [-0.4, -0.2) is 48.2 Å². The highest BCUT2D eigenvalue weighted by molar-refractivity contribution is 5.92. The molecule has 1 aromatic heterocycles. The number of nitrogens with one attached hydrogen (secondary N) is 1. The van der Waals surface area contributed by atoms with Gasteiger partial charge in [0.1, 0.15) is 18.1 Å². The van der Waals surface area contributed by atoms with Gasteiger partial charge >= 0.3 is 6.03 Å². The van der Waals surface area contributed by atoms with Gasteiger partial charge in [-0.1, -0.05) is 12.1 Å². The van der Waals surface area contributed by atoms with Gasteiger partial charge in [0.05, 0.1) is 19.9 Å². The van der Waals surface area contributed by atoms with Gasteiger partial charge in [-0.25, -0.2) is 4.79 Å². The van der Waals surface area contributed by atoms with Crippen molar-refractivity contribution in [2.45, 2.75) is 33.0 Å². The number of carbonyl (C=O) groups is 2. The molecule has 0 radical (unpaired) electrons. The SMILES string of the molecule is COc1cccc(NC(=O)N(CC(=O)N(Cc2ccc3c(c2)OCO3)Cc2ccco2)C(C)C)c1. The second kappa shape index (κ2) is 10.9. The highest BCUT2D eigenvalue weighted by atomic mass is 16.7. The van der Waals surface area contributed by atoms with Crippen LogP contribution in [0.25, 0.3) is 0 Å². The summed E-state index contributed by atoms with van der Waals surface area (Å²) in [5.74, 6) is 2.39. The first kappa shape index (κ1) is 24.0. The van der Waals surface area contributed by atoms with Crippen LogP contribution in [0.2, 0.25) is 0 Å². The molecule has 0 spiro atoms. The number of hydrogen-bond donors (Lipinski definition) is 1.